The van der Waals surface area contributed by atoms with Crippen molar-refractivity contribution in [2.45, 2.75) is 32.6 Å². The molecular formula is C14H12F6. The highest BCUT2D eigenvalue weighted by Crippen LogP contribution is 2.36. The van der Waals surface area contributed by atoms with Gasteiger partial charge in [0.1, 0.15) is 0 Å². The zero-order valence-electron chi connectivity index (χ0n) is 10.8. The van der Waals surface area contributed by atoms with Crippen LogP contribution in [0.2, 0.25) is 0 Å². The molecule has 0 amide bonds. The van der Waals surface area contributed by atoms with Crippen LogP contribution in [-0.2, 0) is 12.4 Å². The average Bonchev–Trinajstić information content (AvgIpc) is 2.33. The van der Waals surface area contributed by atoms with Crippen LogP contribution >= 0.6 is 0 Å². The van der Waals surface area contributed by atoms with E-state index in [-0.39, 0.29) is 11.6 Å². The van der Waals surface area contributed by atoms with Crippen LogP contribution in [-0.4, -0.2) is 0 Å². The summed E-state index contributed by atoms with van der Waals surface area (Å²) >= 11 is 0. The van der Waals surface area contributed by atoms with Crippen molar-refractivity contribution in [3.05, 3.63) is 46.2 Å². The van der Waals surface area contributed by atoms with Crippen molar-refractivity contribution in [3.63, 3.8) is 0 Å². The van der Waals surface area contributed by atoms with Gasteiger partial charge in [0.2, 0.25) is 0 Å². The van der Waals surface area contributed by atoms with Gasteiger partial charge >= 0.3 is 12.4 Å². The molecule has 0 saturated carbocycles. The summed E-state index contributed by atoms with van der Waals surface area (Å²) in [4.78, 5) is 0. The maximum Gasteiger partial charge on any atom is 0.416 e. The molecular weight excluding hydrogens is 282 g/mol. The fourth-order valence-electron chi connectivity index (χ4n) is 1.37. The normalized spacial score (nSPS) is 12.0. The number of hydrogen-bond donors (Lipinski definition) is 0. The summed E-state index contributed by atoms with van der Waals surface area (Å²) in [5, 5.41) is 0. The molecule has 1 aromatic rings. The van der Waals surface area contributed by atoms with Crippen molar-refractivity contribution in [1.82, 2.24) is 0 Å². The summed E-state index contributed by atoms with van der Waals surface area (Å²) in [6.45, 7) is 3.50. The van der Waals surface area contributed by atoms with Gasteiger partial charge in [-0.3, -0.25) is 0 Å². The fraction of sp³-hybridized carbons (Fsp3) is 0.357. The molecule has 0 bridgehead atoms. The first-order valence-corrected chi connectivity index (χ1v) is 5.75. The average molecular weight is 294 g/mol. The summed E-state index contributed by atoms with van der Waals surface area (Å²) in [6, 6.07) is 1.45. The Kier molecular flexibility index (Phi) is 4.71. The molecule has 0 nitrogen and oxygen atoms in total. The number of benzene rings is 1. The summed E-state index contributed by atoms with van der Waals surface area (Å²) in [5.41, 5.74) is 0.566. The highest BCUT2D eigenvalue weighted by atomic mass is 19.4. The molecule has 0 aromatic heterocycles. The molecule has 0 aliphatic rings. The lowest BCUT2D eigenvalue weighted by molar-refractivity contribution is -0.143. The van der Waals surface area contributed by atoms with Crippen molar-refractivity contribution in [2.24, 2.45) is 0 Å². The lowest BCUT2D eigenvalue weighted by Gasteiger charge is -2.12. The van der Waals surface area contributed by atoms with Gasteiger partial charge in [-0.15, -0.1) is 5.73 Å². The Morgan fingerprint density at radius 3 is 1.80 bits per heavy atom. The van der Waals surface area contributed by atoms with Crippen LogP contribution in [0.5, 0.6) is 0 Å². The molecule has 1 rings (SSSR count). The van der Waals surface area contributed by atoms with Crippen LogP contribution in [0.1, 0.15) is 37.0 Å². The maximum absolute atomic E-state index is 12.6. The van der Waals surface area contributed by atoms with E-state index in [0.717, 1.165) is 11.6 Å². The predicted octanol–water partition coefficient (Wildman–Crippen LogP) is 5.69. The Morgan fingerprint density at radius 2 is 1.45 bits per heavy atom. The molecule has 0 unspecified atom stereocenters. The standard InChI is InChI=1S/C14H12F6/c1-3-9(2)4-5-10-6-11(13(15,16)17)8-12(7-10)14(18,19)20/h5-8H,3H2,1-2H3. The van der Waals surface area contributed by atoms with Crippen LogP contribution < -0.4 is 0 Å². The van der Waals surface area contributed by atoms with Gasteiger partial charge in [-0.25, -0.2) is 0 Å². The van der Waals surface area contributed by atoms with E-state index in [1.54, 1.807) is 6.92 Å². The smallest absolute Gasteiger partial charge is 0.166 e. The van der Waals surface area contributed by atoms with Gasteiger partial charge in [-0.2, -0.15) is 26.3 Å². The molecule has 0 spiro atoms. The molecule has 0 N–H and O–H groups in total. The largest absolute Gasteiger partial charge is 0.416 e. The number of hydrogen-bond acceptors (Lipinski definition) is 0. The van der Waals surface area contributed by atoms with E-state index in [2.05, 4.69) is 5.73 Å². The van der Waals surface area contributed by atoms with Gasteiger partial charge in [0.05, 0.1) is 11.1 Å². The number of alkyl halides is 6. The van der Waals surface area contributed by atoms with E-state index >= 15 is 0 Å². The van der Waals surface area contributed by atoms with Crippen molar-refractivity contribution in [3.8, 4) is 0 Å². The van der Waals surface area contributed by atoms with Crippen LogP contribution in [0.3, 0.4) is 0 Å². The topological polar surface area (TPSA) is 0 Å². The molecule has 20 heavy (non-hydrogen) atoms. The molecule has 0 heterocycles. The Balaban J connectivity index is 3.43. The molecule has 0 fully saturated rings. The number of allylic oxidation sites excluding steroid dienone is 1. The summed E-state index contributed by atoms with van der Waals surface area (Å²) in [6.07, 6.45) is -7.91. The SMILES string of the molecule is CCC(C)=C=Cc1cc(C(F)(F)F)cc(C(F)(F)F)c1. The number of rotatable bonds is 2. The minimum absolute atomic E-state index is 0.105. The van der Waals surface area contributed by atoms with E-state index in [9.17, 15) is 26.3 Å². The molecule has 0 aliphatic heterocycles. The van der Waals surface area contributed by atoms with Gasteiger partial charge in [0, 0.05) is 0 Å². The quantitative estimate of drug-likeness (QED) is 0.485. The van der Waals surface area contributed by atoms with Crippen molar-refractivity contribution >= 4 is 6.08 Å². The molecule has 0 radical (unpaired) electrons. The van der Waals surface area contributed by atoms with Crippen molar-refractivity contribution in [1.29, 1.82) is 0 Å². The lowest BCUT2D eigenvalue weighted by atomic mass is 10.0. The first-order chi connectivity index (χ1) is 9.04. The zero-order chi connectivity index (χ0) is 15.6. The second kappa shape index (κ2) is 5.75. The second-order valence-corrected chi connectivity index (χ2v) is 4.26. The first-order valence-electron chi connectivity index (χ1n) is 5.75. The summed E-state index contributed by atoms with van der Waals surface area (Å²) < 4.78 is 75.6. The van der Waals surface area contributed by atoms with Crippen molar-refractivity contribution in [2.75, 3.05) is 0 Å². The molecule has 1 aromatic carbocycles. The second-order valence-electron chi connectivity index (χ2n) is 4.26. The van der Waals surface area contributed by atoms with E-state index < -0.39 is 23.5 Å². The van der Waals surface area contributed by atoms with Gasteiger partial charge in [0.25, 0.3) is 0 Å². The number of halogens is 6. The van der Waals surface area contributed by atoms with E-state index in [1.165, 1.54) is 0 Å². The van der Waals surface area contributed by atoms with Crippen molar-refractivity contribution < 1.29 is 26.3 Å². The van der Waals surface area contributed by atoms with E-state index in [1.807, 2.05) is 6.92 Å². The Hall–Kier alpha value is -1.68. The monoisotopic (exact) mass is 294 g/mol. The fourth-order valence-corrected chi connectivity index (χ4v) is 1.37. The molecule has 6 heteroatoms. The van der Waals surface area contributed by atoms with Crippen LogP contribution in [0.25, 0.3) is 6.08 Å². The third kappa shape index (κ3) is 4.46. The van der Waals surface area contributed by atoms with Gasteiger partial charge in [-0.1, -0.05) is 6.92 Å². The zero-order valence-corrected chi connectivity index (χ0v) is 10.8. The predicted molar refractivity (Wildman–Crippen MR) is 63.9 cm³/mol. The third-order valence-electron chi connectivity index (χ3n) is 2.63. The van der Waals surface area contributed by atoms with Gasteiger partial charge in [0.15, 0.2) is 0 Å². The Labute approximate surface area is 112 Å². The highest BCUT2D eigenvalue weighted by Gasteiger charge is 2.36. The minimum Gasteiger partial charge on any atom is -0.166 e. The highest BCUT2D eigenvalue weighted by molar-refractivity contribution is 5.53. The summed E-state index contributed by atoms with van der Waals surface area (Å²) in [7, 11) is 0. The van der Waals surface area contributed by atoms with Crippen LogP contribution in [0.15, 0.2) is 29.5 Å². The summed E-state index contributed by atoms with van der Waals surface area (Å²) in [5.74, 6) is 0. The Bertz CT molecular complexity index is 510. The lowest BCUT2D eigenvalue weighted by Crippen LogP contribution is -2.11. The van der Waals surface area contributed by atoms with Crippen LogP contribution in [0.4, 0.5) is 26.3 Å². The third-order valence-corrected chi connectivity index (χ3v) is 2.63. The molecule has 0 aliphatic carbocycles. The van der Waals surface area contributed by atoms with Gasteiger partial charge in [-0.05, 0) is 48.8 Å². The van der Waals surface area contributed by atoms with E-state index in [4.69, 9.17) is 0 Å². The first kappa shape index (κ1) is 16.4. The molecule has 110 valence electrons. The Morgan fingerprint density at radius 1 is 1.00 bits per heavy atom. The van der Waals surface area contributed by atoms with E-state index in [0.29, 0.717) is 18.6 Å². The van der Waals surface area contributed by atoms with Crippen LogP contribution in [0, 0.1) is 0 Å². The molecule has 0 atom stereocenters. The maximum atomic E-state index is 12.6. The minimum atomic E-state index is -4.83. The van der Waals surface area contributed by atoms with Gasteiger partial charge < -0.3 is 0 Å². The molecule has 0 saturated heterocycles.